The van der Waals surface area contributed by atoms with Gasteiger partial charge < -0.3 is 10.6 Å². The minimum atomic E-state index is 0.434. The SMILES string of the molecule is CN1CCN(Cc2sccc2C#CCN)CC1. The number of hydrogen-bond acceptors (Lipinski definition) is 4. The van der Waals surface area contributed by atoms with Gasteiger partial charge in [0.25, 0.3) is 0 Å². The molecule has 1 aromatic rings. The van der Waals surface area contributed by atoms with Crippen molar-refractivity contribution >= 4 is 11.3 Å². The molecule has 0 spiro atoms. The molecular formula is C13H19N3S. The zero-order valence-electron chi connectivity index (χ0n) is 10.3. The molecule has 1 aliphatic rings. The number of thiophene rings is 1. The monoisotopic (exact) mass is 249 g/mol. The second-order valence-corrected chi connectivity index (χ2v) is 5.34. The Morgan fingerprint density at radius 1 is 1.35 bits per heavy atom. The van der Waals surface area contributed by atoms with E-state index in [9.17, 15) is 0 Å². The first-order valence-electron chi connectivity index (χ1n) is 5.96. The number of nitrogens with two attached hydrogens (primary N) is 1. The van der Waals surface area contributed by atoms with Gasteiger partial charge in [-0.25, -0.2) is 0 Å². The van der Waals surface area contributed by atoms with Crippen LogP contribution in [-0.4, -0.2) is 49.6 Å². The quantitative estimate of drug-likeness (QED) is 0.787. The van der Waals surface area contributed by atoms with E-state index in [2.05, 4.69) is 40.1 Å². The molecule has 3 nitrogen and oxygen atoms in total. The fourth-order valence-electron chi connectivity index (χ4n) is 1.93. The number of piperazine rings is 1. The van der Waals surface area contributed by atoms with Crippen LogP contribution >= 0.6 is 11.3 Å². The van der Waals surface area contributed by atoms with Crippen molar-refractivity contribution in [3.05, 3.63) is 21.9 Å². The minimum Gasteiger partial charge on any atom is -0.320 e. The van der Waals surface area contributed by atoms with Crippen molar-refractivity contribution in [3.8, 4) is 11.8 Å². The summed E-state index contributed by atoms with van der Waals surface area (Å²) in [6, 6.07) is 2.10. The van der Waals surface area contributed by atoms with Gasteiger partial charge in [0.05, 0.1) is 6.54 Å². The molecule has 0 aliphatic carbocycles. The molecular weight excluding hydrogens is 230 g/mol. The Balaban J connectivity index is 1.96. The molecule has 1 fully saturated rings. The summed E-state index contributed by atoms with van der Waals surface area (Å²) in [5, 5.41) is 2.12. The highest BCUT2D eigenvalue weighted by Crippen LogP contribution is 2.18. The lowest BCUT2D eigenvalue weighted by Gasteiger charge is -2.32. The summed E-state index contributed by atoms with van der Waals surface area (Å²) in [6.07, 6.45) is 0. The number of nitrogens with zero attached hydrogens (tertiary/aromatic N) is 2. The maximum absolute atomic E-state index is 5.41. The van der Waals surface area contributed by atoms with Crippen molar-refractivity contribution in [1.82, 2.24) is 9.80 Å². The third-order valence-electron chi connectivity index (χ3n) is 3.03. The fraction of sp³-hybridized carbons (Fsp3) is 0.538. The minimum absolute atomic E-state index is 0.434. The lowest BCUT2D eigenvalue weighted by atomic mass is 10.2. The number of rotatable bonds is 2. The van der Waals surface area contributed by atoms with E-state index in [1.54, 1.807) is 11.3 Å². The van der Waals surface area contributed by atoms with Crippen LogP contribution in [0.1, 0.15) is 10.4 Å². The summed E-state index contributed by atoms with van der Waals surface area (Å²) in [7, 11) is 2.18. The van der Waals surface area contributed by atoms with Crippen molar-refractivity contribution in [2.75, 3.05) is 39.8 Å². The van der Waals surface area contributed by atoms with Gasteiger partial charge >= 0.3 is 0 Å². The molecule has 0 amide bonds. The van der Waals surface area contributed by atoms with Gasteiger partial charge in [-0.3, -0.25) is 4.90 Å². The Bertz CT molecular complexity index is 408. The fourth-order valence-corrected chi connectivity index (χ4v) is 2.80. The van der Waals surface area contributed by atoms with Gasteiger partial charge in [-0.1, -0.05) is 11.8 Å². The topological polar surface area (TPSA) is 32.5 Å². The Labute approximate surface area is 107 Å². The molecule has 0 unspecified atom stereocenters. The number of likely N-dealkylation sites (N-methyl/N-ethyl adjacent to an activating group) is 1. The molecule has 0 saturated carbocycles. The van der Waals surface area contributed by atoms with Gasteiger partial charge in [0, 0.05) is 43.2 Å². The average Bonchev–Trinajstić information content (AvgIpc) is 2.77. The van der Waals surface area contributed by atoms with Crippen LogP contribution in [0.4, 0.5) is 0 Å². The first kappa shape index (κ1) is 12.6. The zero-order chi connectivity index (χ0) is 12.1. The van der Waals surface area contributed by atoms with Gasteiger partial charge in [0.1, 0.15) is 0 Å². The average molecular weight is 249 g/mol. The molecule has 2 heterocycles. The lowest BCUT2D eigenvalue weighted by Crippen LogP contribution is -2.43. The van der Waals surface area contributed by atoms with Crippen molar-refractivity contribution < 1.29 is 0 Å². The van der Waals surface area contributed by atoms with E-state index >= 15 is 0 Å². The van der Waals surface area contributed by atoms with Crippen molar-refractivity contribution in [3.63, 3.8) is 0 Å². The maximum atomic E-state index is 5.41. The van der Waals surface area contributed by atoms with E-state index < -0.39 is 0 Å². The van der Waals surface area contributed by atoms with E-state index in [4.69, 9.17) is 5.73 Å². The van der Waals surface area contributed by atoms with E-state index in [1.807, 2.05) is 0 Å². The second-order valence-electron chi connectivity index (χ2n) is 4.34. The van der Waals surface area contributed by atoms with Gasteiger partial charge in [0.15, 0.2) is 0 Å². The predicted octanol–water partition coefficient (Wildman–Crippen LogP) is 0.806. The van der Waals surface area contributed by atoms with E-state index in [-0.39, 0.29) is 0 Å². The molecule has 2 N–H and O–H groups in total. The van der Waals surface area contributed by atoms with E-state index in [1.165, 1.54) is 4.88 Å². The largest absolute Gasteiger partial charge is 0.320 e. The van der Waals surface area contributed by atoms with Gasteiger partial charge in [-0.05, 0) is 18.5 Å². The van der Waals surface area contributed by atoms with E-state index in [0.29, 0.717) is 6.54 Å². The highest BCUT2D eigenvalue weighted by molar-refractivity contribution is 7.10. The third-order valence-corrected chi connectivity index (χ3v) is 3.94. The Hall–Kier alpha value is -0.860. The van der Waals surface area contributed by atoms with Crippen LogP contribution in [0.3, 0.4) is 0 Å². The smallest absolute Gasteiger partial charge is 0.0555 e. The van der Waals surface area contributed by atoms with Crippen LogP contribution in [0.5, 0.6) is 0 Å². The zero-order valence-corrected chi connectivity index (χ0v) is 11.1. The molecule has 17 heavy (non-hydrogen) atoms. The summed E-state index contributed by atoms with van der Waals surface area (Å²) in [6.45, 7) is 6.09. The normalized spacial score (nSPS) is 17.8. The first-order chi connectivity index (χ1) is 8.29. The van der Waals surface area contributed by atoms with Gasteiger partial charge in [-0.15, -0.1) is 11.3 Å². The summed E-state index contributed by atoms with van der Waals surface area (Å²) in [5.74, 6) is 6.08. The molecule has 1 aromatic heterocycles. The summed E-state index contributed by atoms with van der Waals surface area (Å²) in [4.78, 5) is 6.25. The Morgan fingerprint density at radius 3 is 2.82 bits per heavy atom. The molecule has 1 saturated heterocycles. The van der Waals surface area contributed by atoms with Crippen LogP contribution < -0.4 is 5.73 Å². The summed E-state index contributed by atoms with van der Waals surface area (Å²) in [5.41, 5.74) is 6.56. The van der Waals surface area contributed by atoms with Crippen LogP contribution in [0.15, 0.2) is 11.4 Å². The first-order valence-corrected chi connectivity index (χ1v) is 6.84. The van der Waals surface area contributed by atoms with Crippen LogP contribution in [-0.2, 0) is 6.54 Å². The molecule has 1 aliphatic heterocycles. The molecule has 0 bridgehead atoms. The van der Waals surface area contributed by atoms with Crippen molar-refractivity contribution in [2.24, 2.45) is 5.73 Å². The van der Waals surface area contributed by atoms with Gasteiger partial charge in [-0.2, -0.15) is 0 Å². The lowest BCUT2D eigenvalue weighted by molar-refractivity contribution is 0.149. The van der Waals surface area contributed by atoms with Gasteiger partial charge in [0.2, 0.25) is 0 Å². The molecule has 2 rings (SSSR count). The Kier molecular flexibility index (Phi) is 4.57. The molecule has 0 aromatic carbocycles. The maximum Gasteiger partial charge on any atom is 0.0555 e. The predicted molar refractivity (Wildman–Crippen MR) is 73.0 cm³/mol. The van der Waals surface area contributed by atoms with Crippen molar-refractivity contribution in [1.29, 1.82) is 0 Å². The highest BCUT2D eigenvalue weighted by Gasteiger charge is 2.15. The second kappa shape index (κ2) is 6.18. The third kappa shape index (κ3) is 3.55. The van der Waals surface area contributed by atoms with Crippen molar-refractivity contribution in [2.45, 2.75) is 6.54 Å². The molecule has 0 atom stereocenters. The van der Waals surface area contributed by atoms with Crippen LogP contribution in [0.2, 0.25) is 0 Å². The molecule has 0 radical (unpaired) electrons. The van der Waals surface area contributed by atoms with E-state index in [0.717, 1.165) is 38.3 Å². The molecule has 4 heteroatoms. The standard InChI is InChI=1S/C13H19N3S/c1-15-6-8-16(9-7-15)11-13-12(3-2-5-14)4-10-17-13/h4,10H,5-9,11,14H2,1H3. The van der Waals surface area contributed by atoms with Crippen LogP contribution in [0, 0.1) is 11.8 Å². The molecule has 92 valence electrons. The Morgan fingerprint density at radius 2 is 2.12 bits per heavy atom. The highest BCUT2D eigenvalue weighted by atomic mass is 32.1. The number of hydrogen-bond donors (Lipinski definition) is 1. The van der Waals surface area contributed by atoms with Crippen LogP contribution in [0.25, 0.3) is 0 Å². The summed E-state index contributed by atoms with van der Waals surface area (Å²) >= 11 is 1.80. The summed E-state index contributed by atoms with van der Waals surface area (Å²) < 4.78 is 0.